The molecule has 0 saturated carbocycles. The maximum Gasteiger partial charge on any atom is 0.332 e. The van der Waals surface area contributed by atoms with Crippen LogP contribution in [0.15, 0.2) is 48.5 Å². The third-order valence-electron chi connectivity index (χ3n) is 3.59. The molecule has 0 amide bonds. The molecule has 0 aliphatic heterocycles. The van der Waals surface area contributed by atoms with E-state index in [1.807, 2.05) is 12.1 Å². The molecule has 6 nitrogen and oxygen atoms in total. The van der Waals surface area contributed by atoms with Crippen molar-refractivity contribution in [2.24, 2.45) is 0 Å². The Bertz CT molecular complexity index is 802. The zero-order valence-electron chi connectivity index (χ0n) is 15.2. The first-order valence-electron chi connectivity index (χ1n) is 8.20. The van der Waals surface area contributed by atoms with Gasteiger partial charge in [-0.05, 0) is 56.2 Å². The van der Waals surface area contributed by atoms with Gasteiger partial charge in [0.15, 0.2) is 6.04 Å². The van der Waals surface area contributed by atoms with Crippen LogP contribution in [0.1, 0.15) is 20.8 Å². The van der Waals surface area contributed by atoms with Gasteiger partial charge in [-0.2, -0.15) is 0 Å². The van der Waals surface area contributed by atoms with E-state index in [1.165, 1.54) is 0 Å². The largest absolute Gasteiger partial charge is 0.755 e. The van der Waals surface area contributed by atoms with Gasteiger partial charge in [0.1, 0.15) is 5.60 Å². The first kappa shape index (κ1) is 21.4. The van der Waals surface area contributed by atoms with Crippen LogP contribution in [0.4, 0.5) is 5.69 Å². The third kappa shape index (κ3) is 5.77. The van der Waals surface area contributed by atoms with Crippen molar-refractivity contribution >= 4 is 34.5 Å². The zero-order valence-corrected chi connectivity index (χ0v) is 16.8. The van der Waals surface area contributed by atoms with E-state index < -0.39 is 35.5 Å². The number of anilines is 1. The molecular weight excluding hydrogens is 390 g/mol. The van der Waals surface area contributed by atoms with Crippen LogP contribution in [0, 0.1) is 0 Å². The Labute approximate surface area is 166 Å². The highest BCUT2D eigenvalue weighted by Crippen LogP contribution is 2.26. The standard InChI is InChI=1S/C19H22ClNO5S/c1-19(2,3)26-18(23)17(12-22)21(27(24)25)16-10-6-14(7-11-16)13-4-8-15(20)9-5-13/h4-11,17,22H,12H2,1-3H3,(H,24,25)/p-1. The molecule has 0 aromatic heterocycles. The monoisotopic (exact) mass is 410 g/mol. The molecule has 0 aliphatic carbocycles. The molecule has 2 aromatic carbocycles. The maximum absolute atomic E-state index is 12.3. The van der Waals surface area contributed by atoms with Gasteiger partial charge in [0, 0.05) is 22.0 Å². The molecule has 146 valence electrons. The Kier molecular flexibility index (Phi) is 7.00. The molecule has 2 rings (SSSR count). The number of ether oxygens (including phenoxy) is 1. The van der Waals surface area contributed by atoms with Gasteiger partial charge in [-0.3, -0.25) is 8.51 Å². The number of nitrogens with zero attached hydrogens (tertiary/aromatic N) is 1. The van der Waals surface area contributed by atoms with E-state index in [2.05, 4.69) is 0 Å². The summed E-state index contributed by atoms with van der Waals surface area (Å²) < 4.78 is 29.5. The zero-order chi connectivity index (χ0) is 20.2. The van der Waals surface area contributed by atoms with E-state index in [0.29, 0.717) is 5.02 Å². The summed E-state index contributed by atoms with van der Waals surface area (Å²) in [5, 5.41) is 10.2. The molecular formula is C19H21ClNO5S-. The lowest BCUT2D eigenvalue weighted by Gasteiger charge is -2.33. The van der Waals surface area contributed by atoms with Crippen molar-refractivity contribution in [3.8, 4) is 11.1 Å². The highest BCUT2D eigenvalue weighted by atomic mass is 35.5. The predicted molar refractivity (Wildman–Crippen MR) is 105 cm³/mol. The van der Waals surface area contributed by atoms with Crippen LogP contribution in [-0.4, -0.2) is 38.1 Å². The number of hydrogen-bond donors (Lipinski definition) is 1. The van der Waals surface area contributed by atoms with Crippen molar-refractivity contribution in [2.75, 3.05) is 10.9 Å². The van der Waals surface area contributed by atoms with Crippen molar-refractivity contribution in [1.29, 1.82) is 0 Å². The fourth-order valence-corrected chi connectivity index (χ4v) is 3.21. The van der Waals surface area contributed by atoms with Crippen LogP contribution in [0.5, 0.6) is 0 Å². The van der Waals surface area contributed by atoms with Crippen molar-refractivity contribution in [3.63, 3.8) is 0 Å². The molecule has 2 atom stereocenters. The van der Waals surface area contributed by atoms with Crippen LogP contribution in [0.25, 0.3) is 11.1 Å². The van der Waals surface area contributed by atoms with E-state index in [0.717, 1.165) is 15.4 Å². The minimum atomic E-state index is -2.78. The quantitative estimate of drug-likeness (QED) is 0.582. The number of hydrogen-bond acceptors (Lipinski definition) is 5. The lowest BCUT2D eigenvalue weighted by Crippen LogP contribution is -2.47. The molecule has 0 fully saturated rings. The number of carbonyl (C=O) groups excluding carboxylic acids is 1. The van der Waals surface area contributed by atoms with Crippen molar-refractivity contribution in [2.45, 2.75) is 32.4 Å². The predicted octanol–water partition coefficient (Wildman–Crippen LogP) is 3.31. The van der Waals surface area contributed by atoms with Gasteiger partial charge >= 0.3 is 5.97 Å². The van der Waals surface area contributed by atoms with Crippen LogP contribution in [0.3, 0.4) is 0 Å². The molecule has 8 heteroatoms. The minimum absolute atomic E-state index is 0.242. The molecule has 0 radical (unpaired) electrons. The Balaban J connectivity index is 2.31. The Morgan fingerprint density at radius 3 is 2.04 bits per heavy atom. The van der Waals surface area contributed by atoms with Gasteiger partial charge in [0.2, 0.25) is 0 Å². The fraction of sp³-hybridized carbons (Fsp3) is 0.316. The lowest BCUT2D eigenvalue weighted by molar-refractivity contribution is -0.157. The second-order valence-corrected chi connectivity index (χ2v) is 8.09. The number of benzene rings is 2. The van der Waals surface area contributed by atoms with Gasteiger partial charge in [-0.25, -0.2) is 4.79 Å². The molecule has 0 saturated heterocycles. The summed E-state index contributed by atoms with van der Waals surface area (Å²) in [7, 11) is 0. The van der Waals surface area contributed by atoms with Gasteiger partial charge in [0.25, 0.3) is 0 Å². The average molecular weight is 411 g/mol. The van der Waals surface area contributed by atoms with Crippen LogP contribution in [0.2, 0.25) is 5.02 Å². The number of esters is 1. The second-order valence-electron chi connectivity index (χ2n) is 6.83. The number of halogens is 1. The van der Waals surface area contributed by atoms with Crippen molar-refractivity contribution in [3.05, 3.63) is 53.6 Å². The van der Waals surface area contributed by atoms with E-state index in [-0.39, 0.29) is 5.69 Å². The normalized spacial score (nSPS) is 13.7. The molecule has 0 heterocycles. The molecule has 1 N–H and O–H groups in total. The van der Waals surface area contributed by atoms with Gasteiger partial charge in [-0.1, -0.05) is 35.9 Å². The highest BCUT2D eigenvalue weighted by molar-refractivity contribution is 7.80. The van der Waals surface area contributed by atoms with Crippen LogP contribution < -0.4 is 4.31 Å². The van der Waals surface area contributed by atoms with Crippen LogP contribution in [-0.2, 0) is 20.8 Å². The number of carbonyl (C=O) groups is 1. The molecule has 0 aliphatic rings. The summed E-state index contributed by atoms with van der Waals surface area (Å²) in [6.45, 7) is 4.29. The maximum atomic E-state index is 12.3. The van der Waals surface area contributed by atoms with Gasteiger partial charge < -0.3 is 14.4 Å². The van der Waals surface area contributed by atoms with E-state index >= 15 is 0 Å². The summed E-state index contributed by atoms with van der Waals surface area (Å²) in [5.41, 5.74) is 1.20. The topological polar surface area (TPSA) is 89.9 Å². The summed E-state index contributed by atoms with van der Waals surface area (Å²) in [5.74, 6) is -0.823. The van der Waals surface area contributed by atoms with E-state index in [1.54, 1.807) is 57.2 Å². The first-order valence-corrected chi connectivity index (χ1v) is 9.61. The van der Waals surface area contributed by atoms with Crippen molar-refractivity contribution < 1.29 is 23.4 Å². The van der Waals surface area contributed by atoms with Crippen molar-refractivity contribution in [1.82, 2.24) is 0 Å². The first-order chi connectivity index (χ1) is 12.6. The Morgan fingerprint density at radius 2 is 1.63 bits per heavy atom. The smallest absolute Gasteiger partial charge is 0.332 e. The third-order valence-corrected chi connectivity index (χ3v) is 4.63. The highest BCUT2D eigenvalue weighted by Gasteiger charge is 2.31. The molecule has 0 spiro atoms. The Morgan fingerprint density at radius 1 is 1.15 bits per heavy atom. The summed E-state index contributed by atoms with van der Waals surface area (Å²) in [6.07, 6.45) is 0. The SMILES string of the molecule is CC(C)(C)OC(=O)C(CO)N(c1ccc(-c2ccc(Cl)cc2)cc1)S(=O)[O-]. The van der Waals surface area contributed by atoms with E-state index in [9.17, 15) is 18.7 Å². The molecule has 27 heavy (non-hydrogen) atoms. The number of rotatable bonds is 6. The number of aliphatic hydroxyl groups excluding tert-OH is 1. The summed E-state index contributed by atoms with van der Waals surface area (Å²) >= 11 is 3.10. The lowest BCUT2D eigenvalue weighted by atomic mass is 10.1. The Hall–Kier alpha value is -1.93. The van der Waals surface area contributed by atoms with E-state index in [4.69, 9.17) is 16.3 Å². The summed E-state index contributed by atoms with van der Waals surface area (Å²) in [4.78, 5) is 12.3. The minimum Gasteiger partial charge on any atom is -0.755 e. The second kappa shape index (κ2) is 8.84. The van der Waals surface area contributed by atoms with Gasteiger partial charge in [-0.15, -0.1) is 0 Å². The van der Waals surface area contributed by atoms with Gasteiger partial charge in [0.05, 0.1) is 6.61 Å². The van der Waals surface area contributed by atoms with Crippen LogP contribution >= 0.6 is 11.6 Å². The molecule has 0 bridgehead atoms. The molecule has 2 aromatic rings. The molecule has 2 unspecified atom stereocenters. The number of aliphatic hydroxyl groups is 1. The fourth-order valence-electron chi connectivity index (χ4n) is 2.43. The average Bonchev–Trinajstić information content (AvgIpc) is 2.58. The summed E-state index contributed by atoms with van der Waals surface area (Å²) in [6, 6.07) is 12.4.